The first-order valence-electron chi connectivity index (χ1n) is 7.88. The van der Waals surface area contributed by atoms with Crippen molar-refractivity contribution >= 4 is 11.6 Å². The lowest BCUT2D eigenvalue weighted by atomic mass is 10.1. The van der Waals surface area contributed by atoms with Gasteiger partial charge in [-0.15, -0.1) is 0 Å². The van der Waals surface area contributed by atoms with Crippen LogP contribution in [0.2, 0.25) is 0 Å². The predicted molar refractivity (Wildman–Crippen MR) is 85.4 cm³/mol. The van der Waals surface area contributed by atoms with Crippen LogP contribution >= 0.6 is 0 Å². The zero-order chi connectivity index (χ0) is 15.9. The first-order chi connectivity index (χ1) is 10.6. The lowest BCUT2D eigenvalue weighted by molar-refractivity contribution is -0.116. The van der Waals surface area contributed by atoms with Gasteiger partial charge in [-0.25, -0.2) is 4.39 Å². The van der Waals surface area contributed by atoms with Crippen LogP contribution < -0.4 is 10.6 Å². The number of anilines is 1. The average Bonchev–Trinajstić information content (AvgIpc) is 2.91. The van der Waals surface area contributed by atoms with Gasteiger partial charge in [0.05, 0.1) is 12.3 Å². The van der Waals surface area contributed by atoms with Crippen LogP contribution in [0.3, 0.4) is 0 Å². The molecule has 0 heterocycles. The highest BCUT2D eigenvalue weighted by Crippen LogP contribution is 2.25. The molecule has 1 aliphatic rings. The van der Waals surface area contributed by atoms with Gasteiger partial charge >= 0.3 is 0 Å². The SMILES string of the molecule is COC[C@H]1CCC[C@H]1NCCC(=O)Nc1cc(C)ccc1F. The van der Waals surface area contributed by atoms with Crippen molar-refractivity contribution in [1.82, 2.24) is 5.32 Å². The number of ether oxygens (including phenoxy) is 1. The van der Waals surface area contributed by atoms with Crippen molar-refractivity contribution in [3.05, 3.63) is 29.6 Å². The van der Waals surface area contributed by atoms with Gasteiger partial charge in [-0.1, -0.05) is 12.5 Å². The Morgan fingerprint density at radius 2 is 2.23 bits per heavy atom. The topological polar surface area (TPSA) is 50.4 Å². The van der Waals surface area contributed by atoms with Gasteiger partial charge in [0.2, 0.25) is 5.91 Å². The molecule has 0 saturated heterocycles. The molecule has 0 aliphatic heterocycles. The Morgan fingerprint density at radius 3 is 3.00 bits per heavy atom. The van der Waals surface area contributed by atoms with Gasteiger partial charge in [-0.3, -0.25) is 4.79 Å². The first kappa shape index (κ1) is 16.9. The van der Waals surface area contributed by atoms with Crippen molar-refractivity contribution in [3.8, 4) is 0 Å². The van der Waals surface area contributed by atoms with Gasteiger partial charge in [-0.2, -0.15) is 0 Å². The summed E-state index contributed by atoms with van der Waals surface area (Å²) in [5.74, 6) is -0.0385. The maximum absolute atomic E-state index is 13.6. The predicted octanol–water partition coefficient (Wildman–Crippen LogP) is 2.87. The molecule has 0 bridgehead atoms. The maximum atomic E-state index is 13.6. The van der Waals surface area contributed by atoms with Crippen molar-refractivity contribution < 1.29 is 13.9 Å². The molecule has 1 fully saturated rings. The largest absolute Gasteiger partial charge is 0.384 e. The van der Waals surface area contributed by atoms with Gasteiger partial charge in [-0.05, 0) is 43.4 Å². The molecule has 0 spiro atoms. The van der Waals surface area contributed by atoms with Gasteiger partial charge in [0.25, 0.3) is 0 Å². The molecule has 4 nitrogen and oxygen atoms in total. The second-order valence-electron chi connectivity index (χ2n) is 5.99. The average molecular weight is 308 g/mol. The number of hydrogen-bond donors (Lipinski definition) is 2. The van der Waals surface area contributed by atoms with E-state index in [1.807, 2.05) is 6.92 Å². The molecule has 0 aromatic heterocycles. The quantitative estimate of drug-likeness (QED) is 0.814. The van der Waals surface area contributed by atoms with E-state index in [2.05, 4.69) is 10.6 Å². The maximum Gasteiger partial charge on any atom is 0.225 e. The normalized spacial score (nSPS) is 21.0. The van der Waals surface area contributed by atoms with E-state index in [1.165, 1.54) is 18.9 Å². The van der Waals surface area contributed by atoms with Gasteiger partial charge in [0, 0.05) is 26.1 Å². The number of carbonyl (C=O) groups is 1. The molecule has 1 aromatic carbocycles. The number of hydrogen-bond acceptors (Lipinski definition) is 3. The molecular weight excluding hydrogens is 283 g/mol. The van der Waals surface area contributed by atoms with E-state index >= 15 is 0 Å². The second-order valence-corrected chi connectivity index (χ2v) is 5.99. The summed E-state index contributed by atoms with van der Waals surface area (Å²) in [7, 11) is 1.72. The summed E-state index contributed by atoms with van der Waals surface area (Å²) in [4.78, 5) is 11.9. The molecule has 0 unspecified atom stereocenters. The fraction of sp³-hybridized carbons (Fsp3) is 0.588. The number of methoxy groups -OCH3 is 1. The Kier molecular flexibility index (Phi) is 6.34. The van der Waals surface area contributed by atoms with Crippen LogP contribution in [0.15, 0.2) is 18.2 Å². The van der Waals surface area contributed by atoms with Crippen molar-refractivity contribution in [2.24, 2.45) is 5.92 Å². The zero-order valence-electron chi connectivity index (χ0n) is 13.3. The second kappa shape index (κ2) is 8.25. The summed E-state index contributed by atoms with van der Waals surface area (Å²) >= 11 is 0. The third-order valence-corrected chi connectivity index (χ3v) is 4.19. The number of nitrogens with one attached hydrogen (secondary N) is 2. The lowest BCUT2D eigenvalue weighted by Crippen LogP contribution is -2.36. The molecule has 5 heteroatoms. The molecule has 1 saturated carbocycles. The molecule has 1 amide bonds. The molecule has 0 radical (unpaired) electrons. The lowest BCUT2D eigenvalue weighted by Gasteiger charge is -2.20. The smallest absolute Gasteiger partial charge is 0.225 e. The van der Waals surface area contributed by atoms with Crippen molar-refractivity contribution in [3.63, 3.8) is 0 Å². The van der Waals surface area contributed by atoms with E-state index in [9.17, 15) is 9.18 Å². The molecule has 2 N–H and O–H groups in total. The molecule has 22 heavy (non-hydrogen) atoms. The van der Waals surface area contributed by atoms with Crippen molar-refractivity contribution in [2.45, 2.75) is 38.6 Å². The van der Waals surface area contributed by atoms with Crippen LogP contribution in [-0.2, 0) is 9.53 Å². The van der Waals surface area contributed by atoms with Crippen molar-refractivity contribution in [2.75, 3.05) is 25.6 Å². The summed E-state index contributed by atoms with van der Waals surface area (Å²) in [6.07, 6.45) is 3.84. The molecular formula is C17H25FN2O2. The monoisotopic (exact) mass is 308 g/mol. The Balaban J connectivity index is 1.75. The molecule has 2 atom stereocenters. The number of benzene rings is 1. The third-order valence-electron chi connectivity index (χ3n) is 4.19. The summed E-state index contributed by atoms with van der Waals surface area (Å²) in [5.41, 5.74) is 1.17. The fourth-order valence-corrected chi connectivity index (χ4v) is 3.04. The van der Waals surface area contributed by atoms with Crippen LogP contribution in [0.1, 0.15) is 31.2 Å². The van der Waals surface area contributed by atoms with Crippen LogP contribution in [0, 0.1) is 18.7 Å². The first-order valence-corrected chi connectivity index (χ1v) is 7.88. The van der Waals surface area contributed by atoms with Gasteiger partial charge in [0.1, 0.15) is 5.82 Å². The Labute approximate surface area is 131 Å². The van der Waals surface area contributed by atoms with E-state index < -0.39 is 5.82 Å². The highest BCUT2D eigenvalue weighted by Gasteiger charge is 2.26. The van der Waals surface area contributed by atoms with Crippen LogP contribution in [-0.4, -0.2) is 32.2 Å². The van der Waals surface area contributed by atoms with Crippen molar-refractivity contribution in [1.29, 1.82) is 0 Å². The van der Waals surface area contributed by atoms with Crippen LogP contribution in [0.4, 0.5) is 10.1 Å². The van der Waals surface area contributed by atoms with E-state index in [0.29, 0.717) is 24.9 Å². The Morgan fingerprint density at radius 1 is 1.41 bits per heavy atom. The number of rotatable bonds is 7. The zero-order valence-corrected chi connectivity index (χ0v) is 13.3. The number of amides is 1. The van der Waals surface area contributed by atoms with Gasteiger partial charge < -0.3 is 15.4 Å². The van der Waals surface area contributed by atoms with Crippen LogP contribution in [0.25, 0.3) is 0 Å². The summed E-state index contributed by atoms with van der Waals surface area (Å²) < 4.78 is 18.8. The molecule has 1 aliphatic carbocycles. The molecule has 2 rings (SSSR count). The number of halogens is 1. The Bertz CT molecular complexity index is 507. The number of carbonyl (C=O) groups excluding carboxylic acids is 1. The molecule has 1 aromatic rings. The third kappa shape index (κ3) is 4.78. The minimum atomic E-state index is -0.400. The summed E-state index contributed by atoms with van der Waals surface area (Å²) in [6, 6.07) is 5.12. The number of aryl methyl sites for hydroxylation is 1. The van der Waals surface area contributed by atoms with E-state index in [0.717, 1.165) is 18.6 Å². The standard InChI is InChI=1S/C17H25FN2O2/c1-12-6-7-14(18)16(10-12)20-17(21)8-9-19-15-5-3-4-13(15)11-22-2/h6-7,10,13,15,19H,3-5,8-9,11H2,1-2H3,(H,20,21)/t13-,15-/m1/s1. The van der Waals surface area contributed by atoms with Crippen LogP contribution in [0.5, 0.6) is 0 Å². The van der Waals surface area contributed by atoms with E-state index in [-0.39, 0.29) is 11.6 Å². The minimum absolute atomic E-state index is 0.168. The summed E-state index contributed by atoms with van der Waals surface area (Å²) in [6.45, 7) is 3.23. The Hall–Kier alpha value is -1.46. The van der Waals surface area contributed by atoms with E-state index in [1.54, 1.807) is 19.2 Å². The van der Waals surface area contributed by atoms with E-state index in [4.69, 9.17) is 4.74 Å². The highest BCUT2D eigenvalue weighted by molar-refractivity contribution is 5.91. The highest BCUT2D eigenvalue weighted by atomic mass is 19.1. The summed E-state index contributed by atoms with van der Waals surface area (Å²) in [5, 5.41) is 6.06. The van der Waals surface area contributed by atoms with Gasteiger partial charge in [0.15, 0.2) is 0 Å². The fourth-order valence-electron chi connectivity index (χ4n) is 3.04. The minimum Gasteiger partial charge on any atom is -0.384 e. The molecule has 122 valence electrons.